The summed E-state index contributed by atoms with van der Waals surface area (Å²) in [4.78, 5) is 51.5. The topological polar surface area (TPSA) is 117 Å². The van der Waals surface area contributed by atoms with E-state index in [2.05, 4.69) is 42.3 Å². The maximum Gasteiger partial charge on any atom is 0.276 e. The molecule has 0 unspecified atom stereocenters. The van der Waals surface area contributed by atoms with E-state index in [1.807, 2.05) is 60.8 Å². The van der Waals surface area contributed by atoms with E-state index in [0.717, 1.165) is 58.4 Å². The SMILES string of the molecule is O=C(Nc1nc2c(C(=O)Cc3nc4c(s3)CN(Cc3cnc5ccccc5c3)CC4)cccc2[nH]1)c1cc2ccccc2cn1. The number of nitrogens with zero attached hydrogens (tertiary/aromatic N) is 5. The zero-order valence-electron chi connectivity index (χ0n) is 24.2. The number of para-hydroxylation sites is 2. The Morgan fingerprint density at radius 3 is 2.64 bits per heavy atom. The number of pyridine rings is 2. The molecule has 220 valence electrons. The van der Waals surface area contributed by atoms with Gasteiger partial charge in [-0.1, -0.05) is 48.5 Å². The van der Waals surface area contributed by atoms with Gasteiger partial charge in [-0.25, -0.2) is 9.97 Å². The van der Waals surface area contributed by atoms with Gasteiger partial charge in [0.25, 0.3) is 5.91 Å². The van der Waals surface area contributed by atoms with E-state index in [1.165, 1.54) is 10.4 Å². The number of rotatable bonds is 7. The van der Waals surface area contributed by atoms with Crippen molar-refractivity contribution in [1.82, 2.24) is 29.8 Å². The lowest BCUT2D eigenvalue weighted by molar-refractivity contribution is 0.0992. The molecule has 3 aromatic carbocycles. The van der Waals surface area contributed by atoms with Crippen molar-refractivity contribution in [2.75, 3.05) is 11.9 Å². The molecule has 8 rings (SSSR count). The zero-order chi connectivity index (χ0) is 30.3. The van der Waals surface area contributed by atoms with E-state index in [9.17, 15) is 9.59 Å². The van der Waals surface area contributed by atoms with Crippen LogP contribution in [0.15, 0.2) is 91.3 Å². The summed E-state index contributed by atoms with van der Waals surface area (Å²) in [5, 5.41) is 6.63. The van der Waals surface area contributed by atoms with Crippen molar-refractivity contribution in [2.45, 2.75) is 25.9 Å². The van der Waals surface area contributed by atoms with Crippen LogP contribution in [0.5, 0.6) is 0 Å². The first-order valence-electron chi connectivity index (χ1n) is 14.8. The fraction of sp³-hybridized carbons (Fsp3) is 0.143. The number of carbonyl (C=O) groups is 2. The van der Waals surface area contributed by atoms with Crippen LogP contribution in [0.3, 0.4) is 0 Å². The Morgan fingerprint density at radius 1 is 0.889 bits per heavy atom. The number of hydrogen-bond donors (Lipinski definition) is 2. The zero-order valence-corrected chi connectivity index (χ0v) is 25.0. The van der Waals surface area contributed by atoms with E-state index in [0.29, 0.717) is 16.6 Å². The molecule has 2 N–H and O–H groups in total. The molecule has 0 saturated heterocycles. The molecular formula is C35H27N7O2S. The molecule has 9 nitrogen and oxygen atoms in total. The number of hydrogen-bond acceptors (Lipinski definition) is 8. The molecule has 0 saturated carbocycles. The van der Waals surface area contributed by atoms with Gasteiger partial charge in [-0.3, -0.25) is 29.8 Å². The highest BCUT2D eigenvalue weighted by Gasteiger charge is 2.23. The normalized spacial score (nSPS) is 13.3. The number of imidazole rings is 1. The van der Waals surface area contributed by atoms with Crippen LogP contribution in [0.2, 0.25) is 0 Å². The standard InChI is InChI=1S/C35H27N7O2S/c43-30(16-32-38-27-12-13-42(20-31(27)45-32)19-21-14-23-7-3-4-10-26(23)36-17-21)25-9-5-11-28-33(25)40-35(39-28)41-34(44)29-15-22-6-1-2-8-24(22)18-37-29/h1-11,14-15,17-18H,12-13,16,19-20H2,(H2,39,40,41,44). The van der Waals surface area contributed by atoms with Crippen LogP contribution in [-0.4, -0.2) is 48.1 Å². The summed E-state index contributed by atoms with van der Waals surface area (Å²) < 4.78 is 0. The molecule has 5 heterocycles. The third-order valence-electron chi connectivity index (χ3n) is 8.13. The van der Waals surface area contributed by atoms with Gasteiger partial charge in [0, 0.05) is 59.7 Å². The number of amides is 1. The number of aromatic nitrogens is 5. The maximum atomic E-state index is 13.5. The summed E-state index contributed by atoms with van der Waals surface area (Å²) in [6, 6.07) is 25.3. The van der Waals surface area contributed by atoms with Crippen LogP contribution < -0.4 is 5.32 Å². The number of anilines is 1. The van der Waals surface area contributed by atoms with Crippen molar-refractivity contribution < 1.29 is 9.59 Å². The number of thiazole rings is 1. The molecule has 0 bridgehead atoms. The fourth-order valence-electron chi connectivity index (χ4n) is 5.90. The second kappa shape index (κ2) is 11.3. The summed E-state index contributed by atoms with van der Waals surface area (Å²) >= 11 is 1.61. The number of nitrogens with one attached hydrogen (secondary N) is 2. The van der Waals surface area contributed by atoms with Crippen LogP contribution >= 0.6 is 11.3 Å². The molecule has 1 aliphatic heterocycles. The molecular weight excluding hydrogens is 582 g/mol. The Kier molecular flexibility index (Phi) is 6.85. The van der Waals surface area contributed by atoms with Crippen molar-refractivity contribution in [1.29, 1.82) is 0 Å². The molecule has 0 aliphatic carbocycles. The van der Waals surface area contributed by atoms with Crippen molar-refractivity contribution in [3.05, 3.63) is 124 Å². The lowest BCUT2D eigenvalue weighted by Crippen LogP contribution is -2.29. The fourth-order valence-corrected chi connectivity index (χ4v) is 7.06. The third kappa shape index (κ3) is 5.45. The Labute approximate surface area is 262 Å². The lowest BCUT2D eigenvalue weighted by Gasteiger charge is -2.25. The summed E-state index contributed by atoms with van der Waals surface area (Å²) in [7, 11) is 0. The van der Waals surface area contributed by atoms with Gasteiger partial charge in [-0.05, 0) is 41.3 Å². The molecule has 0 spiro atoms. The molecule has 0 fully saturated rings. The Balaban J connectivity index is 0.958. The second-order valence-electron chi connectivity index (χ2n) is 11.2. The van der Waals surface area contributed by atoms with Gasteiger partial charge < -0.3 is 4.98 Å². The highest BCUT2D eigenvalue weighted by molar-refractivity contribution is 7.11. The smallest absolute Gasteiger partial charge is 0.276 e. The molecule has 4 aromatic heterocycles. The van der Waals surface area contributed by atoms with Crippen LogP contribution in [-0.2, 0) is 25.9 Å². The van der Waals surface area contributed by atoms with Crippen LogP contribution in [0, 0.1) is 0 Å². The van der Waals surface area contributed by atoms with Crippen molar-refractivity contribution in [3.63, 3.8) is 0 Å². The number of Topliss-reactive ketones (excluding diaryl/α,β-unsaturated/α-hetero) is 1. The molecule has 45 heavy (non-hydrogen) atoms. The van der Waals surface area contributed by atoms with E-state index >= 15 is 0 Å². The Hall–Kier alpha value is -5.32. The quantitative estimate of drug-likeness (QED) is 0.202. The second-order valence-corrected chi connectivity index (χ2v) is 12.4. The molecule has 1 aliphatic rings. The minimum absolute atomic E-state index is 0.0636. The lowest BCUT2D eigenvalue weighted by atomic mass is 10.1. The average Bonchev–Trinajstić information content (AvgIpc) is 3.67. The highest BCUT2D eigenvalue weighted by atomic mass is 32.1. The number of benzene rings is 3. The third-order valence-corrected chi connectivity index (χ3v) is 9.21. The Bertz CT molecular complexity index is 2260. The van der Waals surface area contributed by atoms with Gasteiger partial charge >= 0.3 is 0 Å². The molecule has 10 heteroatoms. The summed E-state index contributed by atoms with van der Waals surface area (Å²) in [5.41, 5.74) is 5.23. The first kappa shape index (κ1) is 27.2. The monoisotopic (exact) mass is 609 g/mol. The molecule has 0 radical (unpaired) electrons. The van der Waals surface area contributed by atoms with Crippen molar-refractivity contribution in [3.8, 4) is 0 Å². The molecule has 7 aromatic rings. The predicted molar refractivity (Wildman–Crippen MR) is 175 cm³/mol. The maximum absolute atomic E-state index is 13.5. The van der Waals surface area contributed by atoms with Crippen LogP contribution in [0.4, 0.5) is 5.95 Å². The minimum Gasteiger partial charge on any atom is -0.324 e. The van der Waals surface area contributed by atoms with Gasteiger partial charge in [0.15, 0.2) is 5.78 Å². The van der Waals surface area contributed by atoms with Crippen LogP contribution in [0.25, 0.3) is 32.7 Å². The van der Waals surface area contributed by atoms with Crippen molar-refractivity contribution in [2.24, 2.45) is 0 Å². The van der Waals surface area contributed by atoms with Crippen molar-refractivity contribution >= 4 is 61.7 Å². The average molecular weight is 610 g/mol. The number of H-pyrrole nitrogens is 1. The van der Waals surface area contributed by atoms with E-state index in [4.69, 9.17) is 4.98 Å². The van der Waals surface area contributed by atoms with Gasteiger partial charge in [0.1, 0.15) is 16.2 Å². The van der Waals surface area contributed by atoms with E-state index < -0.39 is 0 Å². The van der Waals surface area contributed by atoms with E-state index in [-0.39, 0.29) is 29.8 Å². The number of aromatic amines is 1. The highest BCUT2D eigenvalue weighted by Crippen LogP contribution is 2.28. The summed E-state index contributed by atoms with van der Waals surface area (Å²) in [5.74, 6) is -0.185. The van der Waals surface area contributed by atoms with Gasteiger partial charge in [-0.15, -0.1) is 11.3 Å². The number of carbonyl (C=O) groups excluding carboxylic acids is 2. The summed E-state index contributed by atoms with van der Waals surface area (Å²) in [6.07, 6.45) is 4.68. The predicted octanol–water partition coefficient (Wildman–Crippen LogP) is 6.35. The molecule has 0 atom stereocenters. The summed E-state index contributed by atoms with van der Waals surface area (Å²) in [6.45, 7) is 2.53. The number of fused-ring (bicyclic) bond motifs is 4. The first-order chi connectivity index (χ1) is 22.1. The van der Waals surface area contributed by atoms with Gasteiger partial charge in [0.2, 0.25) is 5.95 Å². The van der Waals surface area contributed by atoms with E-state index in [1.54, 1.807) is 29.7 Å². The number of ketones is 1. The Morgan fingerprint density at radius 2 is 1.73 bits per heavy atom. The van der Waals surface area contributed by atoms with Gasteiger partial charge in [0.05, 0.1) is 23.1 Å². The van der Waals surface area contributed by atoms with Gasteiger partial charge in [-0.2, -0.15) is 0 Å². The molecule has 1 amide bonds. The first-order valence-corrected chi connectivity index (χ1v) is 15.6. The largest absolute Gasteiger partial charge is 0.324 e. The van der Waals surface area contributed by atoms with Crippen LogP contribution in [0.1, 0.15) is 42.0 Å². The minimum atomic E-state index is -0.382.